The molecule has 1 aromatic rings. The largest absolute Gasteiger partial charge is 0.115 e. The lowest BCUT2D eigenvalue weighted by Gasteiger charge is -1.96. The number of hydrogen-bond donors (Lipinski definition) is 0. The van der Waals surface area contributed by atoms with Gasteiger partial charge in [0.15, 0.2) is 0 Å². The van der Waals surface area contributed by atoms with Crippen LogP contribution in [0.3, 0.4) is 0 Å². The normalized spacial score (nSPS) is 12.7. The Morgan fingerprint density at radius 2 is 2.15 bits per heavy atom. The van der Waals surface area contributed by atoms with Crippen molar-refractivity contribution in [3.05, 3.63) is 41.0 Å². The van der Waals surface area contributed by atoms with Crippen molar-refractivity contribution >= 4 is 6.08 Å². The third kappa shape index (κ3) is 1.48. The Hall–Kier alpha value is -1.92. The van der Waals surface area contributed by atoms with Gasteiger partial charge in [-0.3, -0.25) is 0 Å². The van der Waals surface area contributed by atoms with Gasteiger partial charge in [-0.2, -0.15) is 0 Å². The predicted molar refractivity (Wildman–Crippen MR) is 54.7 cm³/mol. The van der Waals surface area contributed by atoms with Gasteiger partial charge in [-0.15, -0.1) is 6.42 Å². The first-order valence-corrected chi connectivity index (χ1v) is 4.15. The van der Waals surface area contributed by atoms with E-state index in [0.29, 0.717) is 6.42 Å². The van der Waals surface area contributed by atoms with Crippen LogP contribution in [0, 0.1) is 24.2 Å². The Bertz CT molecular complexity index is 459. The number of rotatable bonds is 0. The van der Waals surface area contributed by atoms with Crippen molar-refractivity contribution in [2.75, 3.05) is 0 Å². The van der Waals surface area contributed by atoms with Crippen molar-refractivity contribution in [3.63, 3.8) is 0 Å². The van der Waals surface area contributed by atoms with Gasteiger partial charge in [-0.1, -0.05) is 36.0 Å². The molecule has 0 atom stereocenters. The van der Waals surface area contributed by atoms with Crippen LogP contribution in [0.4, 0.5) is 0 Å². The summed E-state index contributed by atoms with van der Waals surface area (Å²) in [6, 6.07) is 8.03. The zero-order chi connectivity index (χ0) is 9.10. The molecule has 0 aliphatic heterocycles. The van der Waals surface area contributed by atoms with E-state index in [1.807, 2.05) is 30.3 Å². The van der Waals surface area contributed by atoms with E-state index in [9.17, 15) is 0 Å². The molecule has 1 aliphatic rings. The van der Waals surface area contributed by atoms with Crippen molar-refractivity contribution in [1.82, 2.24) is 0 Å². The van der Waals surface area contributed by atoms with Gasteiger partial charge in [-0.05, 0) is 17.7 Å². The Labute approximate surface area is 78.3 Å². The fourth-order valence-electron chi connectivity index (χ4n) is 1.30. The summed E-state index contributed by atoms with van der Waals surface area (Å²) in [7, 11) is 0. The second-order valence-corrected chi connectivity index (χ2v) is 2.88. The fourth-order valence-corrected chi connectivity index (χ4v) is 1.30. The van der Waals surface area contributed by atoms with E-state index in [0.717, 1.165) is 16.7 Å². The van der Waals surface area contributed by atoms with Gasteiger partial charge in [0.05, 0.1) is 0 Å². The molecule has 60 valence electrons. The summed E-state index contributed by atoms with van der Waals surface area (Å²) in [5.74, 6) is 8.78. The number of terminal acetylenes is 1. The molecule has 0 spiro atoms. The molecule has 0 saturated heterocycles. The summed E-state index contributed by atoms with van der Waals surface area (Å²) in [6.07, 6.45) is 8.05. The topological polar surface area (TPSA) is 0 Å². The van der Waals surface area contributed by atoms with Gasteiger partial charge in [-0.25, -0.2) is 0 Å². The highest BCUT2D eigenvalue weighted by molar-refractivity contribution is 5.66. The Morgan fingerprint density at radius 3 is 3.00 bits per heavy atom. The summed E-state index contributed by atoms with van der Waals surface area (Å²) in [6.45, 7) is 0. The molecule has 0 nitrogen and oxygen atoms in total. The quantitative estimate of drug-likeness (QED) is 0.517. The van der Waals surface area contributed by atoms with Crippen LogP contribution in [-0.2, 0) is 0 Å². The second-order valence-electron chi connectivity index (χ2n) is 2.88. The lowest BCUT2D eigenvalue weighted by Crippen LogP contribution is -1.79. The zero-order valence-electron chi connectivity index (χ0n) is 7.17. The first kappa shape index (κ1) is 7.71. The fraction of sp³-hybridized carbons (Fsp3) is 0.0769. The average molecular weight is 164 g/mol. The van der Waals surface area contributed by atoms with Crippen LogP contribution in [-0.4, -0.2) is 0 Å². The number of fused-ring (bicyclic) bond motifs is 1. The maximum atomic E-state index is 5.34. The molecule has 0 heteroatoms. The summed E-state index contributed by atoms with van der Waals surface area (Å²) < 4.78 is 0. The SMILES string of the molecule is C#CC1=Cc2ccccc2C#CC1. The molecular formula is C13H8. The first-order valence-electron chi connectivity index (χ1n) is 4.15. The van der Waals surface area contributed by atoms with Crippen molar-refractivity contribution in [1.29, 1.82) is 0 Å². The molecule has 1 aliphatic carbocycles. The van der Waals surface area contributed by atoms with Crippen LogP contribution in [0.2, 0.25) is 0 Å². The minimum atomic E-state index is 0.686. The Kier molecular flexibility index (Phi) is 1.91. The summed E-state index contributed by atoms with van der Waals surface area (Å²) in [5.41, 5.74) is 3.14. The maximum absolute atomic E-state index is 5.34. The monoisotopic (exact) mass is 164 g/mol. The highest BCUT2D eigenvalue weighted by Gasteiger charge is 2.00. The molecule has 0 N–H and O–H groups in total. The molecule has 0 radical (unpaired) electrons. The molecule has 0 unspecified atom stereocenters. The van der Waals surface area contributed by atoms with Crippen LogP contribution in [0.25, 0.3) is 6.08 Å². The smallest absolute Gasteiger partial charge is 0.0424 e. The van der Waals surface area contributed by atoms with E-state index in [2.05, 4.69) is 17.8 Å². The number of hydrogen-bond acceptors (Lipinski definition) is 0. The maximum Gasteiger partial charge on any atom is 0.0424 e. The van der Waals surface area contributed by atoms with Crippen LogP contribution in [0.1, 0.15) is 17.5 Å². The van der Waals surface area contributed by atoms with E-state index in [1.54, 1.807) is 0 Å². The van der Waals surface area contributed by atoms with E-state index < -0.39 is 0 Å². The molecule has 0 fully saturated rings. The van der Waals surface area contributed by atoms with Gasteiger partial charge >= 0.3 is 0 Å². The predicted octanol–water partition coefficient (Wildman–Crippen LogP) is 2.46. The van der Waals surface area contributed by atoms with Crippen molar-refractivity contribution in [2.45, 2.75) is 6.42 Å². The van der Waals surface area contributed by atoms with E-state index >= 15 is 0 Å². The Balaban J connectivity index is 2.60. The van der Waals surface area contributed by atoms with Gasteiger partial charge in [0.2, 0.25) is 0 Å². The van der Waals surface area contributed by atoms with Crippen LogP contribution in [0.15, 0.2) is 29.8 Å². The van der Waals surface area contributed by atoms with E-state index in [1.165, 1.54) is 0 Å². The molecular weight excluding hydrogens is 156 g/mol. The molecule has 0 amide bonds. The number of allylic oxidation sites excluding steroid dienone is 1. The highest BCUT2D eigenvalue weighted by Crippen LogP contribution is 2.16. The van der Waals surface area contributed by atoms with Crippen LogP contribution < -0.4 is 0 Å². The van der Waals surface area contributed by atoms with E-state index in [-0.39, 0.29) is 0 Å². The molecule has 0 bridgehead atoms. The van der Waals surface area contributed by atoms with E-state index in [4.69, 9.17) is 6.42 Å². The van der Waals surface area contributed by atoms with Crippen LogP contribution >= 0.6 is 0 Å². The second kappa shape index (κ2) is 3.21. The lowest BCUT2D eigenvalue weighted by molar-refractivity contribution is 1.40. The molecule has 13 heavy (non-hydrogen) atoms. The average Bonchev–Trinajstić information content (AvgIpc) is 2.38. The summed E-state index contributed by atoms with van der Waals surface area (Å²) in [5, 5.41) is 0. The lowest BCUT2D eigenvalue weighted by atomic mass is 10.1. The minimum absolute atomic E-state index is 0.686. The molecule has 2 rings (SSSR count). The van der Waals surface area contributed by atoms with Gasteiger partial charge in [0.25, 0.3) is 0 Å². The minimum Gasteiger partial charge on any atom is -0.115 e. The van der Waals surface area contributed by atoms with Crippen LogP contribution in [0.5, 0.6) is 0 Å². The molecule has 0 heterocycles. The third-order valence-electron chi connectivity index (χ3n) is 1.98. The summed E-state index contributed by atoms with van der Waals surface area (Å²) in [4.78, 5) is 0. The highest BCUT2D eigenvalue weighted by atomic mass is 14.0. The van der Waals surface area contributed by atoms with Crippen molar-refractivity contribution in [3.8, 4) is 24.2 Å². The van der Waals surface area contributed by atoms with Gasteiger partial charge in [0.1, 0.15) is 0 Å². The molecule has 0 aromatic heterocycles. The van der Waals surface area contributed by atoms with Gasteiger partial charge in [0, 0.05) is 17.6 Å². The first-order chi connectivity index (χ1) is 6.40. The molecule has 1 aromatic carbocycles. The summed E-state index contributed by atoms with van der Waals surface area (Å²) >= 11 is 0. The van der Waals surface area contributed by atoms with Crippen molar-refractivity contribution < 1.29 is 0 Å². The standard InChI is InChI=1S/C13H8/c1-2-11-6-5-9-12-7-3-4-8-13(12)10-11/h1,3-4,7-8,10H,6H2. The Morgan fingerprint density at radius 1 is 1.31 bits per heavy atom. The zero-order valence-corrected chi connectivity index (χ0v) is 7.17. The molecule has 0 saturated carbocycles. The van der Waals surface area contributed by atoms with Gasteiger partial charge < -0.3 is 0 Å². The van der Waals surface area contributed by atoms with Crippen molar-refractivity contribution in [2.24, 2.45) is 0 Å². The number of benzene rings is 1. The third-order valence-corrected chi connectivity index (χ3v) is 1.98.